The van der Waals surface area contributed by atoms with Gasteiger partial charge in [-0.2, -0.15) is 0 Å². The fraction of sp³-hybridized carbons (Fsp3) is 0.700. The van der Waals surface area contributed by atoms with Crippen LogP contribution in [0.25, 0.3) is 0 Å². The Bertz CT molecular complexity index is 213. The standard InChI is InChI=1S/C10H15NO2/c1-9(6-11-8-12)5-10-3-2-4-13-7-10/h10H,1-7H2. The summed E-state index contributed by atoms with van der Waals surface area (Å²) in [6, 6.07) is 0. The zero-order chi connectivity index (χ0) is 9.52. The van der Waals surface area contributed by atoms with E-state index in [2.05, 4.69) is 11.6 Å². The summed E-state index contributed by atoms with van der Waals surface area (Å²) in [4.78, 5) is 13.3. The van der Waals surface area contributed by atoms with E-state index in [4.69, 9.17) is 4.74 Å². The van der Waals surface area contributed by atoms with Crippen LogP contribution in [0.2, 0.25) is 0 Å². The molecule has 0 spiro atoms. The van der Waals surface area contributed by atoms with Gasteiger partial charge in [0.25, 0.3) is 0 Å². The van der Waals surface area contributed by atoms with Gasteiger partial charge in [-0.3, -0.25) is 0 Å². The third-order valence-corrected chi connectivity index (χ3v) is 2.20. The maximum atomic E-state index is 9.84. The lowest BCUT2D eigenvalue weighted by atomic mass is 9.95. The first kappa shape index (κ1) is 10.2. The fourth-order valence-electron chi connectivity index (χ4n) is 1.59. The predicted octanol–water partition coefficient (Wildman–Crippen LogP) is 1.70. The first-order valence-corrected chi connectivity index (χ1v) is 4.61. The van der Waals surface area contributed by atoms with Gasteiger partial charge in [0.05, 0.1) is 6.54 Å². The molecule has 1 unspecified atom stereocenters. The van der Waals surface area contributed by atoms with Crippen molar-refractivity contribution in [2.75, 3.05) is 19.8 Å². The van der Waals surface area contributed by atoms with Gasteiger partial charge < -0.3 is 4.74 Å². The molecule has 0 aromatic rings. The first-order valence-electron chi connectivity index (χ1n) is 4.61. The Labute approximate surface area is 78.5 Å². The number of hydrogen-bond acceptors (Lipinski definition) is 3. The van der Waals surface area contributed by atoms with Crippen LogP contribution < -0.4 is 0 Å². The van der Waals surface area contributed by atoms with Crippen molar-refractivity contribution in [2.45, 2.75) is 19.3 Å². The SMILES string of the molecule is C=C(CN=C=O)CC1CCCOC1. The summed E-state index contributed by atoms with van der Waals surface area (Å²) in [5.41, 5.74) is 0.999. The van der Waals surface area contributed by atoms with Crippen LogP contribution in [0.3, 0.4) is 0 Å². The molecule has 1 aliphatic rings. The molecule has 0 bridgehead atoms. The number of carbonyl (C=O) groups excluding carboxylic acids is 1. The Kier molecular flexibility index (Phi) is 4.44. The number of hydrogen-bond donors (Lipinski definition) is 0. The first-order chi connectivity index (χ1) is 6.33. The van der Waals surface area contributed by atoms with E-state index in [0.717, 1.165) is 31.6 Å². The molecule has 72 valence electrons. The van der Waals surface area contributed by atoms with E-state index in [1.165, 1.54) is 12.5 Å². The lowest BCUT2D eigenvalue weighted by molar-refractivity contribution is 0.0550. The summed E-state index contributed by atoms with van der Waals surface area (Å²) in [7, 11) is 0. The Balaban J connectivity index is 2.21. The van der Waals surface area contributed by atoms with Gasteiger partial charge in [-0.1, -0.05) is 12.2 Å². The molecule has 1 heterocycles. The molecule has 1 atom stereocenters. The summed E-state index contributed by atoms with van der Waals surface area (Å²) in [5.74, 6) is 0.572. The van der Waals surface area contributed by atoms with Crippen LogP contribution in [0.1, 0.15) is 19.3 Å². The van der Waals surface area contributed by atoms with Crippen molar-refractivity contribution in [1.29, 1.82) is 0 Å². The Morgan fingerprint density at radius 2 is 2.54 bits per heavy atom. The molecular weight excluding hydrogens is 166 g/mol. The monoisotopic (exact) mass is 181 g/mol. The lowest BCUT2D eigenvalue weighted by Crippen LogP contribution is -2.17. The summed E-state index contributed by atoms with van der Waals surface area (Å²) >= 11 is 0. The predicted molar refractivity (Wildman–Crippen MR) is 50.3 cm³/mol. The van der Waals surface area contributed by atoms with E-state index in [9.17, 15) is 4.79 Å². The third-order valence-electron chi connectivity index (χ3n) is 2.20. The summed E-state index contributed by atoms with van der Waals surface area (Å²) in [6.45, 7) is 5.98. The molecule has 1 saturated heterocycles. The van der Waals surface area contributed by atoms with E-state index in [1.54, 1.807) is 0 Å². The third kappa shape index (κ3) is 4.02. The molecule has 0 saturated carbocycles. The van der Waals surface area contributed by atoms with E-state index in [-0.39, 0.29) is 0 Å². The van der Waals surface area contributed by atoms with Crippen molar-refractivity contribution in [1.82, 2.24) is 0 Å². The number of aliphatic imine (C=N–C) groups is 1. The quantitative estimate of drug-likeness (QED) is 0.376. The van der Waals surface area contributed by atoms with Crippen LogP contribution in [0.15, 0.2) is 17.1 Å². The molecular formula is C10H15NO2. The van der Waals surface area contributed by atoms with E-state index < -0.39 is 0 Å². The molecule has 0 radical (unpaired) electrons. The zero-order valence-corrected chi connectivity index (χ0v) is 7.79. The van der Waals surface area contributed by atoms with Gasteiger partial charge in [0.15, 0.2) is 0 Å². The molecule has 0 N–H and O–H groups in total. The highest BCUT2D eigenvalue weighted by Gasteiger charge is 2.14. The Morgan fingerprint density at radius 1 is 1.69 bits per heavy atom. The molecule has 0 aromatic carbocycles. The lowest BCUT2D eigenvalue weighted by Gasteiger charge is -2.22. The maximum Gasteiger partial charge on any atom is 0.235 e. The Morgan fingerprint density at radius 3 is 3.15 bits per heavy atom. The van der Waals surface area contributed by atoms with Crippen molar-refractivity contribution in [3.8, 4) is 0 Å². The molecule has 3 nitrogen and oxygen atoms in total. The maximum absolute atomic E-state index is 9.84. The van der Waals surface area contributed by atoms with Crippen LogP contribution in [0.4, 0.5) is 0 Å². The average molecular weight is 181 g/mol. The molecule has 0 aromatic heterocycles. The van der Waals surface area contributed by atoms with Crippen LogP contribution >= 0.6 is 0 Å². The normalized spacial score (nSPS) is 22.0. The second-order valence-electron chi connectivity index (χ2n) is 3.44. The highest BCUT2D eigenvalue weighted by atomic mass is 16.5. The van der Waals surface area contributed by atoms with Crippen LogP contribution in [0.5, 0.6) is 0 Å². The highest BCUT2D eigenvalue weighted by Crippen LogP contribution is 2.20. The van der Waals surface area contributed by atoms with Crippen molar-refractivity contribution >= 4 is 6.08 Å². The molecule has 13 heavy (non-hydrogen) atoms. The minimum Gasteiger partial charge on any atom is -0.381 e. The van der Waals surface area contributed by atoms with E-state index >= 15 is 0 Å². The summed E-state index contributed by atoms with van der Waals surface area (Å²) in [6.07, 6.45) is 4.77. The Hall–Kier alpha value is -0.920. The van der Waals surface area contributed by atoms with Crippen molar-refractivity contribution in [2.24, 2.45) is 10.9 Å². The van der Waals surface area contributed by atoms with Crippen LogP contribution in [-0.2, 0) is 9.53 Å². The second kappa shape index (κ2) is 5.68. The van der Waals surface area contributed by atoms with Gasteiger partial charge >= 0.3 is 0 Å². The summed E-state index contributed by atoms with van der Waals surface area (Å²) < 4.78 is 5.34. The van der Waals surface area contributed by atoms with Gasteiger partial charge in [-0.15, -0.1) is 0 Å². The topological polar surface area (TPSA) is 38.7 Å². The minimum absolute atomic E-state index is 0.417. The van der Waals surface area contributed by atoms with Crippen molar-refractivity contribution in [3.05, 3.63) is 12.2 Å². The van der Waals surface area contributed by atoms with Crippen molar-refractivity contribution < 1.29 is 9.53 Å². The van der Waals surface area contributed by atoms with E-state index in [0.29, 0.717) is 12.5 Å². The minimum atomic E-state index is 0.417. The van der Waals surface area contributed by atoms with Gasteiger partial charge in [0, 0.05) is 13.2 Å². The molecule has 0 aliphatic carbocycles. The molecule has 3 heteroatoms. The van der Waals surface area contributed by atoms with Crippen LogP contribution in [-0.4, -0.2) is 25.8 Å². The van der Waals surface area contributed by atoms with Gasteiger partial charge in [0.2, 0.25) is 6.08 Å². The van der Waals surface area contributed by atoms with Crippen molar-refractivity contribution in [3.63, 3.8) is 0 Å². The smallest absolute Gasteiger partial charge is 0.235 e. The molecule has 1 aliphatic heterocycles. The number of rotatable bonds is 4. The zero-order valence-electron chi connectivity index (χ0n) is 7.79. The van der Waals surface area contributed by atoms with E-state index in [1.807, 2.05) is 0 Å². The van der Waals surface area contributed by atoms with Gasteiger partial charge in [0.1, 0.15) is 0 Å². The van der Waals surface area contributed by atoms with Gasteiger partial charge in [-0.25, -0.2) is 9.79 Å². The van der Waals surface area contributed by atoms with Crippen LogP contribution in [0, 0.1) is 5.92 Å². The highest BCUT2D eigenvalue weighted by molar-refractivity contribution is 5.33. The fourth-order valence-corrected chi connectivity index (χ4v) is 1.59. The average Bonchev–Trinajstić information content (AvgIpc) is 2.16. The second-order valence-corrected chi connectivity index (χ2v) is 3.44. The number of isocyanates is 1. The number of nitrogens with zero attached hydrogens (tertiary/aromatic N) is 1. The molecule has 0 amide bonds. The summed E-state index contributed by atoms with van der Waals surface area (Å²) in [5, 5.41) is 0. The van der Waals surface area contributed by atoms with Gasteiger partial charge in [-0.05, 0) is 25.2 Å². The molecule has 1 fully saturated rings. The number of ether oxygens (including phenoxy) is 1. The largest absolute Gasteiger partial charge is 0.381 e. The molecule has 1 rings (SSSR count).